The predicted molar refractivity (Wildman–Crippen MR) is 46.0 cm³/mol. The van der Waals surface area contributed by atoms with Crippen LogP contribution in [0.5, 0.6) is 0 Å². The van der Waals surface area contributed by atoms with Crippen LogP contribution in [0.4, 0.5) is 0 Å². The summed E-state index contributed by atoms with van der Waals surface area (Å²) in [5.41, 5.74) is 4.98. The van der Waals surface area contributed by atoms with Gasteiger partial charge in [0.25, 0.3) is 0 Å². The Morgan fingerprint density at radius 3 is 2.40 bits per heavy atom. The van der Waals surface area contributed by atoms with E-state index in [0.717, 1.165) is 6.42 Å². The molecule has 0 aliphatic rings. The smallest absolute Gasteiger partial charge is 0.218 e. The molecule has 2 nitrogen and oxygen atoms in total. The van der Waals surface area contributed by atoms with Gasteiger partial charge in [-0.2, -0.15) is 12.6 Å². The van der Waals surface area contributed by atoms with Crippen LogP contribution in [0.25, 0.3) is 0 Å². The summed E-state index contributed by atoms with van der Waals surface area (Å²) in [4.78, 5) is 10.4. The first-order valence-electron chi connectivity index (χ1n) is 3.48. The lowest BCUT2D eigenvalue weighted by Gasteiger charge is -2.09. The molecule has 0 bridgehead atoms. The number of primary amides is 1. The highest BCUT2D eigenvalue weighted by molar-refractivity contribution is 7.81. The molecule has 0 saturated carbocycles. The average Bonchev–Trinajstić information content (AvgIpc) is 1.58. The maximum Gasteiger partial charge on any atom is 0.218 e. The van der Waals surface area contributed by atoms with Crippen LogP contribution in [-0.2, 0) is 4.79 Å². The fourth-order valence-electron chi connectivity index (χ4n) is 0.860. The number of hydrogen-bond donors (Lipinski definition) is 2. The summed E-state index contributed by atoms with van der Waals surface area (Å²) >= 11 is 4.21. The first-order chi connectivity index (χ1) is 4.52. The number of thiol groups is 1. The van der Waals surface area contributed by atoms with Crippen molar-refractivity contribution in [2.24, 2.45) is 11.7 Å². The average molecular weight is 161 g/mol. The van der Waals surface area contributed by atoms with E-state index in [2.05, 4.69) is 26.5 Å². The van der Waals surface area contributed by atoms with Crippen molar-refractivity contribution in [2.75, 3.05) is 0 Å². The lowest BCUT2D eigenvalue weighted by molar-refractivity contribution is -0.118. The number of amides is 1. The Bertz CT molecular complexity index is 114. The molecular weight excluding hydrogens is 146 g/mol. The first kappa shape index (κ1) is 9.82. The topological polar surface area (TPSA) is 43.1 Å². The molecule has 0 aromatic heterocycles. The third-order valence-corrected chi connectivity index (χ3v) is 1.57. The van der Waals surface area contributed by atoms with E-state index < -0.39 is 0 Å². The van der Waals surface area contributed by atoms with Crippen molar-refractivity contribution in [1.29, 1.82) is 0 Å². The molecule has 0 radical (unpaired) electrons. The monoisotopic (exact) mass is 161 g/mol. The third kappa shape index (κ3) is 5.95. The minimum absolute atomic E-state index is 0.137. The van der Waals surface area contributed by atoms with E-state index in [9.17, 15) is 4.79 Å². The highest BCUT2D eigenvalue weighted by Crippen LogP contribution is 2.12. The molecular formula is C7H15NOS. The van der Waals surface area contributed by atoms with Gasteiger partial charge in [-0.05, 0) is 12.3 Å². The van der Waals surface area contributed by atoms with E-state index in [1.807, 2.05) is 0 Å². The predicted octanol–water partition coefficient (Wildman–Crippen LogP) is 1.21. The number of hydrogen-bond acceptors (Lipinski definition) is 2. The molecule has 1 unspecified atom stereocenters. The van der Waals surface area contributed by atoms with E-state index in [-0.39, 0.29) is 11.2 Å². The molecule has 0 aromatic rings. The Morgan fingerprint density at radius 1 is 1.60 bits per heavy atom. The largest absolute Gasteiger partial charge is 0.370 e. The van der Waals surface area contributed by atoms with Crippen LogP contribution in [0.15, 0.2) is 0 Å². The zero-order valence-electron chi connectivity index (χ0n) is 6.50. The zero-order valence-corrected chi connectivity index (χ0v) is 7.40. The first-order valence-corrected chi connectivity index (χ1v) is 4.00. The second-order valence-electron chi connectivity index (χ2n) is 2.95. The normalized spacial score (nSPS) is 13.6. The Morgan fingerprint density at radius 2 is 2.10 bits per heavy atom. The van der Waals surface area contributed by atoms with Crippen molar-refractivity contribution in [3.8, 4) is 0 Å². The number of nitrogens with two attached hydrogens (primary N) is 1. The van der Waals surface area contributed by atoms with Crippen LogP contribution in [-0.4, -0.2) is 11.2 Å². The van der Waals surface area contributed by atoms with Crippen LogP contribution in [0.2, 0.25) is 0 Å². The summed E-state index contributed by atoms with van der Waals surface area (Å²) in [5.74, 6) is 0.322. The molecule has 2 N–H and O–H groups in total. The second kappa shape index (κ2) is 4.61. The summed E-state index contributed by atoms with van der Waals surface area (Å²) in [5, 5.41) is 0.137. The zero-order chi connectivity index (χ0) is 8.15. The Balaban J connectivity index is 3.43. The fourth-order valence-corrected chi connectivity index (χ4v) is 1.46. The van der Waals surface area contributed by atoms with E-state index >= 15 is 0 Å². The number of rotatable bonds is 4. The standard InChI is InChI=1S/C7H15NOS/c1-5(2)3-6(10)4-7(8)9/h5-6,10H,3-4H2,1-2H3,(H2,8,9). The quantitative estimate of drug-likeness (QED) is 0.598. The minimum atomic E-state index is -0.263. The van der Waals surface area contributed by atoms with Crippen LogP contribution in [0.3, 0.4) is 0 Å². The highest BCUT2D eigenvalue weighted by atomic mass is 32.1. The van der Waals surface area contributed by atoms with Gasteiger partial charge in [-0.25, -0.2) is 0 Å². The number of carbonyl (C=O) groups is 1. The molecule has 60 valence electrons. The summed E-state index contributed by atoms with van der Waals surface area (Å²) in [6.07, 6.45) is 1.34. The fraction of sp³-hybridized carbons (Fsp3) is 0.857. The summed E-state index contributed by atoms with van der Waals surface area (Å²) in [6.45, 7) is 4.20. The van der Waals surface area contributed by atoms with Gasteiger partial charge in [0.05, 0.1) is 0 Å². The molecule has 0 fully saturated rings. The maximum absolute atomic E-state index is 10.4. The Hall–Kier alpha value is -0.180. The van der Waals surface area contributed by atoms with E-state index in [1.54, 1.807) is 0 Å². The van der Waals surface area contributed by atoms with E-state index in [1.165, 1.54) is 0 Å². The third-order valence-electron chi connectivity index (χ3n) is 1.18. The van der Waals surface area contributed by atoms with Crippen molar-refractivity contribution < 1.29 is 4.79 Å². The molecule has 10 heavy (non-hydrogen) atoms. The van der Waals surface area contributed by atoms with Crippen molar-refractivity contribution >= 4 is 18.5 Å². The maximum atomic E-state index is 10.4. The molecule has 1 atom stereocenters. The van der Waals surface area contributed by atoms with Gasteiger partial charge in [-0.1, -0.05) is 13.8 Å². The lowest BCUT2D eigenvalue weighted by atomic mass is 10.1. The van der Waals surface area contributed by atoms with Gasteiger partial charge >= 0.3 is 0 Å². The van der Waals surface area contributed by atoms with Gasteiger partial charge in [0.1, 0.15) is 0 Å². The molecule has 1 amide bonds. The molecule has 0 aliphatic carbocycles. The van der Waals surface area contributed by atoms with Gasteiger partial charge in [0, 0.05) is 11.7 Å². The van der Waals surface area contributed by atoms with Gasteiger partial charge in [0.15, 0.2) is 0 Å². The van der Waals surface area contributed by atoms with Gasteiger partial charge in [0.2, 0.25) is 5.91 Å². The highest BCUT2D eigenvalue weighted by Gasteiger charge is 2.08. The Kier molecular flexibility index (Phi) is 4.52. The summed E-state index contributed by atoms with van der Waals surface area (Å²) in [6, 6.07) is 0. The van der Waals surface area contributed by atoms with Gasteiger partial charge in [-0.15, -0.1) is 0 Å². The molecule has 0 spiro atoms. The SMILES string of the molecule is CC(C)CC(S)CC(N)=O. The van der Waals surface area contributed by atoms with Crippen LogP contribution in [0.1, 0.15) is 26.7 Å². The minimum Gasteiger partial charge on any atom is -0.370 e. The molecule has 0 aromatic carbocycles. The van der Waals surface area contributed by atoms with Crippen molar-refractivity contribution in [1.82, 2.24) is 0 Å². The van der Waals surface area contributed by atoms with E-state index in [4.69, 9.17) is 5.73 Å². The lowest BCUT2D eigenvalue weighted by Crippen LogP contribution is -2.17. The van der Waals surface area contributed by atoms with Crippen LogP contribution in [0, 0.1) is 5.92 Å². The van der Waals surface area contributed by atoms with Crippen LogP contribution >= 0.6 is 12.6 Å². The Labute approximate surface area is 67.6 Å². The summed E-state index contributed by atoms with van der Waals surface area (Å²) < 4.78 is 0. The van der Waals surface area contributed by atoms with E-state index in [0.29, 0.717) is 12.3 Å². The number of carbonyl (C=O) groups excluding carboxylic acids is 1. The molecule has 0 heterocycles. The van der Waals surface area contributed by atoms with Crippen molar-refractivity contribution in [2.45, 2.75) is 31.9 Å². The van der Waals surface area contributed by atoms with Crippen molar-refractivity contribution in [3.63, 3.8) is 0 Å². The van der Waals surface area contributed by atoms with Gasteiger partial charge < -0.3 is 5.73 Å². The molecule has 0 aliphatic heterocycles. The molecule has 0 saturated heterocycles. The van der Waals surface area contributed by atoms with Crippen molar-refractivity contribution in [3.05, 3.63) is 0 Å². The summed E-state index contributed by atoms with van der Waals surface area (Å²) in [7, 11) is 0. The second-order valence-corrected chi connectivity index (χ2v) is 3.68. The molecule has 0 rings (SSSR count). The molecule has 3 heteroatoms. The van der Waals surface area contributed by atoms with Gasteiger partial charge in [-0.3, -0.25) is 4.79 Å². The van der Waals surface area contributed by atoms with Crippen LogP contribution < -0.4 is 5.73 Å².